The van der Waals surface area contributed by atoms with E-state index in [2.05, 4.69) is 27.6 Å². The molecule has 0 spiro atoms. The Bertz CT molecular complexity index is 515. The third-order valence-electron chi connectivity index (χ3n) is 1.95. The van der Waals surface area contributed by atoms with E-state index in [-0.39, 0.29) is 5.88 Å². The van der Waals surface area contributed by atoms with Crippen molar-refractivity contribution in [3.05, 3.63) is 11.6 Å². The molecule has 0 aromatic carbocycles. The zero-order chi connectivity index (χ0) is 11.7. The molecule has 2 rings (SSSR count). The third kappa shape index (κ3) is 2.24. The van der Waals surface area contributed by atoms with Gasteiger partial charge < -0.3 is 9.72 Å². The topological polar surface area (TPSA) is 50.8 Å². The van der Waals surface area contributed by atoms with Crippen molar-refractivity contribution in [3.8, 4) is 5.88 Å². The lowest BCUT2D eigenvalue weighted by atomic mass is 10.3. The molecule has 16 heavy (non-hydrogen) atoms. The van der Waals surface area contributed by atoms with Crippen LogP contribution in [0.25, 0.3) is 11.2 Å². The number of aromatic nitrogens is 3. The molecule has 0 aliphatic rings. The Morgan fingerprint density at radius 1 is 1.50 bits per heavy atom. The summed E-state index contributed by atoms with van der Waals surface area (Å²) in [6, 6.07) is 1.71. The van der Waals surface area contributed by atoms with E-state index in [0.717, 1.165) is 0 Å². The largest absolute Gasteiger partial charge is 0.471 e. The van der Waals surface area contributed by atoms with Crippen LogP contribution < -0.4 is 4.74 Å². The summed E-state index contributed by atoms with van der Waals surface area (Å²) >= 11 is 4.03. The van der Waals surface area contributed by atoms with Crippen LogP contribution in [0.2, 0.25) is 0 Å². The van der Waals surface area contributed by atoms with Gasteiger partial charge in [0.15, 0.2) is 17.4 Å². The number of hydrogen-bond donors (Lipinski definition) is 2. The number of pyridine rings is 1. The fourth-order valence-electron chi connectivity index (χ4n) is 1.30. The van der Waals surface area contributed by atoms with Gasteiger partial charge in [-0.05, 0) is 13.0 Å². The van der Waals surface area contributed by atoms with Crippen LogP contribution in [0.15, 0.2) is 11.2 Å². The molecule has 0 aliphatic carbocycles. The summed E-state index contributed by atoms with van der Waals surface area (Å²) < 4.78 is 28.9. The fourth-order valence-corrected chi connectivity index (χ4v) is 1.51. The second kappa shape index (κ2) is 4.25. The van der Waals surface area contributed by atoms with Crippen LogP contribution in [0, 0.1) is 6.92 Å². The zero-order valence-corrected chi connectivity index (χ0v) is 9.26. The van der Waals surface area contributed by atoms with Crippen molar-refractivity contribution in [2.75, 3.05) is 6.61 Å². The lowest BCUT2D eigenvalue weighted by Crippen LogP contribution is -2.08. The summed E-state index contributed by atoms with van der Waals surface area (Å²) in [5.41, 5.74) is 1.76. The lowest BCUT2D eigenvalue weighted by Gasteiger charge is -2.06. The number of imidazole rings is 1. The smallest absolute Gasteiger partial charge is 0.272 e. The van der Waals surface area contributed by atoms with Gasteiger partial charge in [0.05, 0.1) is 0 Å². The Morgan fingerprint density at radius 3 is 2.94 bits per heavy atom. The van der Waals surface area contributed by atoms with E-state index in [0.29, 0.717) is 21.9 Å². The second-order valence-electron chi connectivity index (χ2n) is 3.24. The van der Waals surface area contributed by atoms with Gasteiger partial charge in [-0.15, -0.1) is 12.6 Å². The molecule has 0 radical (unpaired) electrons. The fraction of sp³-hybridized carbons (Fsp3) is 0.333. The predicted octanol–water partition coefficient (Wildman–Crippen LogP) is 2.20. The summed E-state index contributed by atoms with van der Waals surface area (Å²) in [4.78, 5) is 10.9. The molecule has 2 aromatic heterocycles. The predicted molar refractivity (Wildman–Crippen MR) is 57.4 cm³/mol. The first-order chi connectivity index (χ1) is 7.56. The van der Waals surface area contributed by atoms with Crippen LogP contribution in [0.4, 0.5) is 8.78 Å². The van der Waals surface area contributed by atoms with E-state index in [1.165, 1.54) is 0 Å². The van der Waals surface area contributed by atoms with Gasteiger partial charge in [0.25, 0.3) is 6.43 Å². The molecular weight excluding hydrogens is 236 g/mol. The van der Waals surface area contributed by atoms with Crippen LogP contribution in [-0.2, 0) is 0 Å². The van der Waals surface area contributed by atoms with Crippen LogP contribution in [0.5, 0.6) is 5.88 Å². The maximum absolute atomic E-state index is 12.0. The minimum Gasteiger partial charge on any atom is -0.471 e. The molecule has 86 valence electrons. The number of halogens is 2. The molecule has 0 atom stereocenters. The summed E-state index contributed by atoms with van der Waals surface area (Å²) in [5, 5.41) is 0.424. The average molecular weight is 245 g/mol. The highest BCUT2D eigenvalue weighted by molar-refractivity contribution is 7.80. The number of H-pyrrole nitrogens is 1. The SMILES string of the molecule is Cc1cc2nc(S)[nH]c2nc1OCC(F)F. The molecule has 0 unspecified atom stereocenters. The molecular formula is C9H9F2N3OS. The molecule has 0 fully saturated rings. The maximum atomic E-state index is 12.0. The molecule has 0 amide bonds. The Hall–Kier alpha value is -1.37. The van der Waals surface area contributed by atoms with Crippen molar-refractivity contribution in [2.24, 2.45) is 0 Å². The quantitative estimate of drug-likeness (QED) is 0.815. The van der Waals surface area contributed by atoms with Crippen LogP contribution in [0.3, 0.4) is 0 Å². The first kappa shape index (κ1) is 11.1. The second-order valence-corrected chi connectivity index (χ2v) is 3.66. The van der Waals surface area contributed by atoms with Crippen molar-refractivity contribution >= 4 is 23.8 Å². The minimum absolute atomic E-state index is 0.185. The van der Waals surface area contributed by atoms with Crippen molar-refractivity contribution in [3.63, 3.8) is 0 Å². The summed E-state index contributed by atoms with van der Waals surface area (Å²) in [7, 11) is 0. The summed E-state index contributed by atoms with van der Waals surface area (Å²) in [6.45, 7) is 1.06. The highest BCUT2D eigenvalue weighted by Gasteiger charge is 2.10. The molecule has 0 bridgehead atoms. The molecule has 0 saturated heterocycles. The molecule has 4 nitrogen and oxygen atoms in total. The number of hydrogen-bond acceptors (Lipinski definition) is 4. The molecule has 2 aromatic rings. The number of ether oxygens (including phenoxy) is 1. The third-order valence-corrected chi connectivity index (χ3v) is 2.16. The molecule has 0 saturated carbocycles. The van der Waals surface area contributed by atoms with E-state index in [1.807, 2.05) is 0 Å². The Balaban J connectivity index is 2.34. The number of aromatic amines is 1. The lowest BCUT2D eigenvalue weighted by molar-refractivity contribution is 0.0794. The standard InChI is InChI=1S/C9H9F2N3OS/c1-4-2-5-7(14-9(16)12-5)13-8(4)15-3-6(10)11/h2,6H,3H2,1H3,(H2,12,13,14,16). The Labute approximate surface area is 95.5 Å². The van der Waals surface area contributed by atoms with Gasteiger partial charge in [-0.2, -0.15) is 4.98 Å². The number of nitrogens with zero attached hydrogens (tertiary/aromatic N) is 2. The Morgan fingerprint density at radius 2 is 2.25 bits per heavy atom. The van der Waals surface area contributed by atoms with Crippen LogP contribution in [-0.4, -0.2) is 28.0 Å². The first-order valence-corrected chi connectivity index (χ1v) is 4.98. The maximum Gasteiger partial charge on any atom is 0.272 e. The number of rotatable bonds is 3. The molecule has 0 aliphatic heterocycles. The van der Waals surface area contributed by atoms with Gasteiger partial charge in [-0.3, -0.25) is 0 Å². The van der Waals surface area contributed by atoms with E-state index >= 15 is 0 Å². The molecule has 2 heterocycles. The number of aryl methyl sites for hydroxylation is 1. The zero-order valence-electron chi connectivity index (χ0n) is 8.37. The molecule has 7 heteroatoms. The van der Waals surface area contributed by atoms with Crippen LogP contribution >= 0.6 is 12.6 Å². The number of nitrogens with one attached hydrogen (secondary N) is 1. The van der Waals surface area contributed by atoms with E-state index < -0.39 is 13.0 Å². The van der Waals surface area contributed by atoms with Gasteiger partial charge in [-0.1, -0.05) is 0 Å². The van der Waals surface area contributed by atoms with E-state index in [4.69, 9.17) is 4.74 Å². The average Bonchev–Trinajstić information content (AvgIpc) is 2.53. The van der Waals surface area contributed by atoms with Gasteiger partial charge in [0.1, 0.15) is 5.52 Å². The normalized spacial score (nSPS) is 11.3. The highest BCUT2D eigenvalue weighted by Crippen LogP contribution is 2.21. The van der Waals surface area contributed by atoms with E-state index in [1.54, 1.807) is 13.0 Å². The number of thiol groups is 1. The first-order valence-electron chi connectivity index (χ1n) is 4.53. The highest BCUT2D eigenvalue weighted by atomic mass is 32.1. The Kier molecular flexibility index (Phi) is 2.95. The van der Waals surface area contributed by atoms with Gasteiger partial charge in [0, 0.05) is 5.56 Å². The summed E-state index contributed by atoms with van der Waals surface area (Å²) in [5.74, 6) is 0.185. The minimum atomic E-state index is -2.51. The number of fused-ring (bicyclic) bond motifs is 1. The van der Waals surface area contributed by atoms with Gasteiger partial charge in [0.2, 0.25) is 5.88 Å². The monoisotopic (exact) mass is 245 g/mol. The van der Waals surface area contributed by atoms with Gasteiger partial charge in [-0.25, -0.2) is 13.8 Å². The van der Waals surface area contributed by atoms with Gasteiger partial charge >= 0.3 is 0 Å². The number of alkyl halides is 2. The molecule has 1 N–H and O–H groups in total. The van der Waals surface area contributed by atoms with E-state index in [9.17, 15) is 8.78 Å². The van der Waals surface area contributed by atoms with Crippen molar-refractivity contribution in [1.29, 1.82) is 0 Å². The van der Waals surface area contributed by atoms with Crippen molar-refractivity contribution in [2.45, 2.75) is 18.5 Å². The van der Waals surface area contributed by atoms with Crippen molar-refractivity contribution in [1.82, 2.24) is 15.0 Å². The van der Waals surface area contributed by atoms with Crippen LogP contribution in [0.1, 0.15) is 5.56 Å². The van der Waals surface area contributed by atoms with Crippen molar-refractivity contribution < 1.29 is 13.5 Å². The summed E-state index contributed by atoms with van der Waals surface area (Å²) in [6.07, 6.45) is -2.51.